The molecule has 3 heteroatoms. The fourth-order valence-corrected chi connectivity index (χ4v) is 1.69. The van der Waals surface area contributed by atoms with Crippen molar-refractivity contribution in [1.82, 2.24) is 0 Å². The van der Waals surface area contributed by atoms with E-state index in [2.05, 4.69) is 4.74 Å². The minimum atomic E-state index is -0.246. The molecule has 0 heterocycles. The van der Waals surface area contributed by atoms with Gasteiger partial charge >= 0.3 is 5.97 Å². The van der Waals surface area contributed by atoms with E-state index >= 15 is 0 Å². The summed E-state index contributed by atoms with van der Waals surface area (Å²) in [7, 11) is 1.39. The van der Waals surface area contributed by atoms with Crippen LogP contribution in [0.15, 0.2) is 24.3 Å². The van der Waals surface area contributed by atoms with E-state index in [0.29, 0.717) is 0 Å². The highest BCUT2D eigenvalue weighted by Crippen LogP contribution is 2.47. The number of halogens is 1. The summed E-state index contributed by atoms with van der Waals surface area (Å²) in [6.07, 6.45) is 0.818. The van der Waals surface area contributed by atoms with E-state index in [-0.39, 0.29) is 23.6 Å². The second-order valence-electron chi connectivity index (χ2n) is 3.52. The lowest BCUT2D eigenvalue weighted by atomic mass is 10.1. The Bertz CT molecular complexity index is 345. The Hall–Kier alpha value is -1.38. The van der Waals surface area contributed by atoms with Crippen LogP contribution >= 0.6 is 0 Å². The normalized spacial score (nSPS) is 24.4. The van der Waals surface area contributed by atoms with Gasteiger partial charge in [-0.05, 0) is 30.0 Å². The maximum atomic E-state index is 12.6. The van der Waals surface area contributed by atoms with E-state index < -0.39 is 0 Å². The van der Waals surface area contributed by atoms with Gasteiger partial charge in [0.05, 0.1) is 13.0 Å². The Morgan fingerprint density at radius 3 is 2.64 bits per heavy atom. The second kappa shape index (κ2) is 3.40. The first kappa shape index (κ1) is 9.19. The second-order valence-corrected chi connectivity index (χ2v) is 3.52. The number of esters is 1. The first-order valence-electron chi connectivity index (χ1n) is 4.55. The van der Waals surface area contributed by atoms with E-state index in [9.17, 15) is 9.18 Å². The molecule has 1 aromatic rings. The number of benzene rings is 1. The Labute approximate surface area is 81.7 Å². The quantitative estimate of drug-likeness (QED) is 0.674. The molecular weight excluding hydrogens is 183 g/mol. The third-order valence-electron chi connectivity index (χ3n) is 2.59. The van der Waals surface area contributed by atoms with Gasteiger partial charge < -0.3 is 4.74 Å². The highest BCUT2D eigenvalue weighted by atomic mass is 19.1. The summed E-state index contributed by atoms with van der Waals surface area (Å²) in [6, 6.07) is 6.29. The SMILES string of the molecule is COC(=O)[C@@H]1C[C@@H]1c1ccc(F)cc1. The molecule has 0 N–H and O–H groups in total. The lowest BCUT2D eigenvalue weighted by molar-refractivity contribution is -0.142. The van der Waals surface area contributed by atoms with Crippen LogP contribution in [0.2, 0.25) is 0 Å². The van der Waals surface area contributed by atoms with Gasteiger partial charge in [-0.3, -0.25) is 4.79 Å². The van der Waals surface area contributed by atoms with Crippen molar-refractivity contribution in [2.24, 2.45) is 5.92 Å². The molecule has 1 saturated carbocycles. The molecule has 0 amide bonds. The van der Waals surface area contributed by atoms with Crippen LogP contribution in [0.1, 0.15) is 17.9 Å². The number of rotatable bonds is 2. The van der Waals surface area contributed by atoms with Crippen LogP contribution in [0, 0.1) is 11.7 Å². The first-order chi connectivity index (χ1) is 6.72. The molecular formula is C11H11FO2. The van der Waals surface area contributed by atoms with Gasteiger partial charge in [0.2, 0.25) is 0 Å². The summed E-state index contributed by atoms with van der Waals surface area (Å²) < 4.78 is 17.2. The number of hydrogen-bond acceptors (Lipinski definition) is 2. The summed E-state index contributed by atoms with van der Waals surface area (Å²) in [5.41, 5.74) is 1.02. The smallest absolute Gasteiger partial charge is 0.309 e. The molecule has 2 atom stereocenters. The van der Waals surface area contributed by atoms with Crippen LogP contribution in [0.3, 0.4) is 0 Å². The summed E-state index contributed by atoms with van der Waals surface area (Å²) in [5, 5.41) is 0. The maximum Gasteiger partial charge on any atom is 0.309 e. The van der Waals surface area contributed by atoms with E-state index in [4.69, 9.17) is 0 Å². The maximum absolute atomic E-state index is 12.6. The lowest BCUT2D eigenvalue weighted by Crippen LogP contribution is -2.03. The van der Waals surface area contributed by atoms with E-state index in [1.54, 1.807) is 12.1 Å². The summed E-state index contributed by atoms with van der Waals surface area (Å²) >= 11 is 0. The Kier molecular flexibility index (Phi) is 2.23. The average molecular weight is 194 g/mol. The monoisotopic (exact) mass is 194 g/mol. The van der Waals surface area contributed by atoms with Gasteiger partial charge in [0.15, 0.2) is 0 Å². The molecule has 1 aliphatic carbocycles. The molecule has 74 valence electrons. The highest BCUT2D eigenvalue weighted by molar-refractivity contribution is 5.77. The molecule has 2 rings (SSSR count). The van der Waals surface area contributed by atoms with Gasteiger partial charge in [-0.15, -0.1) is 0 Å². The van der Waals surface area contributed by atoms with Crippen molar-refractivity contribution in [3.8, 4) is 0 Å². The van der Waals surface area contributed by atoms with E-state index in [0.717, 1.165) is 12.0 Å². The Morgan fingerprint density at radius 2 is 2.07 bits per heavy atom. The zero-order valence-electron chi connectivity index (χ0n) is 7.87. The number of methoxy groups -OCH3 is 1. The highest BCUT2D eigenvalue weighted by Gasteiger charge is 2.44. The molecule has 1 aliphatic rings. The predicted octanol–water partition coefficient (Wildman–Crippen LogP) is 2.10. The molecule has 1 aromatic carbocycles. The number of ether oxygens (including phenoxy) is 1. The number of carbonyl (C=O) groups is 1. The molecule has 0 saturated heterocycles. The van der Waals surface area contributed by atoms with Crippen LogP contribution < -0.4 is 0 Å². The van der Waals surface area contributed by atoms with Crippen molar-refractivity contribution in [1.29, 1.82) is 0 Å². The van der Waals surface area contributed by atoms with Gasteiger partial charge in [-0.2, -0.15) is 0 Å². The summed E-state index contributed by atoms with van der Waals surface area (Å²) in [6.45, 7) is 0. The number of hydrogen-bond donors (Lipinski definition) is 0. The largest absolute Gasteiger partial charge is 0.469 e. The average Bonchev–Trinajstić information content (AvgIpc) is 2.98. The third-order valence-corrected chi connectivity index (χ3v) is 2.59. The number of carbonyl (C=O) groups excluding carboxylic acids is 1. The van der Waals surface area contributed by atoms with Crippen LogP contribution in [-0.2, 0) is 9.53 Å². The van der Waals surface area contributed by atoms with Crippen LogP contribution in [0.25, 0.3) is 0 Å². The molecule has 0 bridgehead atoms. The van der Waals surface area contributed by atoms with Crippen molar-refractivity contribution < 1.29 is 13.9 Å². The van der Waals surface area contributed by atoms with Crippen molar-refractivity contribution in [3.05, 3.63) is 35.6 Å². The molecule has 0 aromatic heterocycles. The fourth-order valence-electron chi connectivity index (χ4n) is 1.69. The minimum Gasteiger partial charge on any atom is -0.469 e. The van der Waals surface area contributed by atoms with Crippen molar-refractivity contribution in [2.45, 2.75) is 12.3 Å². The molecule has 0 radical (unpaired) electrons. The fraction of sp³-hybridized carbons (Fsp3) is 0.364. The molecule has 0 unspecified atom stereocenters. The Balaban J connectivity index is 2.06. The first-order valence-corrected chi connectivity index (χ1v) is 4.55. The van der Waals surface area contributed by atoms with Gasteiger partial charge in [-0.1, -0.05) is 12.1 Å². The standard InChI is InChI=1S/C11H11FO2/c1-14-11(13)10-6-9(10)7-2-4-8(12)5-3-7/h2-5,9-10H,6H2,1H3/t9-,10-/m1/s1. The van der Waals surface area contributed by atoms with Crippen molar-refractivity contribution in [2.75, 3.05) is 7.11 Å². The predicted molar refractivity (Wildman–Crippen MR) is 49.3 cm³/mol. The van der Waals surface area contributed by atoms with Gasteiger partial charge in [0, 0.05) is 0 Å². The molecule has 2 nitrogen and oxygen atoms in total. The van der Waals surface area contributed by atoms with Crippen LogP contribution in [0.5, 0.6) is 0 Å². The summed E-state index contributed by atoms with van der Waals surface area (Å²) in [5.74, 6) is -0.211. The van der Waals surface area contributed by atoms with Gasteiger partial charge in [0.25, 0.3) is 0 Å². The molecule has 0 aliphatic heterocycles. The van der Waals surface area contributed by atoms with Gasteiger partial charge in [0.1, 0.15) is 5.82 Å². The van der Waals surface area contributed by atoms with Crippen LogP contribution in [0.4, 0.5) is 4.39 Å². The lowest BCUT2D eigenvalue weighted by Gasteiger charge is -1.99. The summed E-state index contributed by atoms with van der Waals surface area (Å²) in [4.78, 5) is 11.1. The zero-order valence-corrected chi connectivity index (χ0v) is 7.87. The third kappa shape index (κ3) is 1.62. The topological polar surface area (TPSA) is 26.3 Å². The molecule has 14 heavy (non-hydrogen) atoms. The van der Waals surface area contributed by atoms with Crippen LogP contribution in [-0.4, -0.2) is 13.1 Å². The minimum absolute atomic E-state index is 0.0227. The van der Waals surface area contributed by atoms with Crippen molar-refractivity contribution >= 4 is 5.97 Å². The zero-order chi connectivity index (χ0) is 10.1. The van der Waals surface area contributed by atoms with E-state index in [1.165, 1.54) is 19.2 Å². The Morgan fingerprint density at radius 1 is 1.43 bits per heavy atom. The van der Waals surface area contributed by atoms with Gasteiger partial charge in [-0.25, -0.2) is 4.39 Å². The molecule has 1 fully saturated rings. The van der Waals surface area contributed by atoms with Crippen molar-refractivity contribution in [3.63, 3.8) is 0 Å². The van der Waals surface area contributed by atoms with E-state index in [1.807, 2.05) is 0 Å². The molecule has 0 spiro atoms.